The molecule has 5 heteroatoms. The highest BCUT2D eigenvalue weighted by atomic mass is 19.1. The van der Waals surface area contributed by atoms with Gasteiger partial charge >= 0.3 is 0 Å². The van der Waals surface area contributed by atoms with E-state index in [1.807, 2.05) is 13.8 Å². The molecular weight excluding hydrogens is 259 g/mol. The zero-order valence-corrected chi connectivity index (χ0v) is 12.2. The van der Waals surface area contributed by atoms with Crippen molar-refractivity contribution < 1.29 is 13.9 Å². The average molecular weight is 282 g/mol. The SMILES string of the molecule is CC(C)NCc1ccnc(OCC2CCCCO2)c1F. The maximum atomic E-state index is 14.2. The van der Waals surface area contributed by atoms with Crippen LogP contribution in [-0.2, 0) is 11.3 Å². The minimum atomic E-state index is -0.378. The lowest BCUT2D eigenvalue weighted by molar-refractivity contribution is -0.0127. The lowest BCUT2D eigenvalue weighted by Crippen LogP contribution is -2.26. The van der Waals surface area contributed by atoms with E-state index in [0.717, 1.165) is 25.9 Å². The van der Waals surface area contributed by atoms with E-state index in [-0.39, 0.29) is 17.8 Å². The van der Waals surface area contributed by atoms with E-state index in [2.05, 4.69) is 10.3 Å². The first-order valence-electron chi connectivity index (χ1n) is 7.28. The van der Waals surface area contributed by atoms with Crippen LogP contribution >= 0.6 is 0 Å². The molecule has 112 valence electrons. The summed E-state index contributed by atoms with van der Waals surface area (Å²) in [4.78, 5) is 3.97. The highest BCUT2D eigenvalue weighted by Crippen LogP contribution is 2.19. The predicted molar refractivity (Wildman–Crippen MR) is 75.3 cm³/mol. The van der Waals surface area contributed by atoms with Crippen LogP contribution in [-0.4, -0.2) is 30.3 Å². The smallest absolute Gasteiger partial charge is 0.250 e. The highest BCUT2D eigenvalue weighted by Gasteiger charge is 2.17. The van der Waals surface area contributed by atoms with Crippen LogP contribution in [0.2, 0.25) is 0 Å². The van der Waals surface area contributed by atoms with Gasteiger partial charge < -0.3 is 14.8 Å². The molecule has 4 nitrogen and oxygen atoms in total. The van der Waals surface area contributed by atoms with E-state index >= 15 is 0 Å². The number of rotatable bonds is 6. The van der Waals surface area contributed by atoms with Gasteiger partial charge in [0.1, 0.15) is 6.61 Å². The molecule has 2 heterocycles. The first kappa shape index (κ1) is 15.2. The number of hydrogen-bond donors (Lipinski definition) is 1. The first-order chi connectivity index (χ1) is 9.66. The van der Waals surface area contributed by atoms with Crippen molar-refractivity contribution in [3.05, 3.63) is 23.6 Å². The third-order valence-corrected chi connectivity index (χ3v) is 3.32. The van der Waals surface area contributed by atoms with Gasteiger partial charge in [-0.25, -0.2) is 9.37 Å². The fourth-order valence-corrected chi connectivity index (χ4v) is 2.12. The van der Waals surface area contributed by atoms with Gasteiger partial charge in [0.15, 0.2) is 5.82 Å². The van der Waals surface area contributed by atoms with E-state index in [0.29, 0.717) is 24.8 Å². The minimum absolute atomic E-state index is 0.0578. The fourth-order valence-electron chi connectivity index (χ4n) is 2.12. The monoisotopic (exact) mass is 282 g/mol. The zero-order chi connectivity index (χ0) is 14.4. The zero-order valence-electron chi connectivity index (χ0n) is 12.2. The molecular formula is C15H23FN2O2. The Morgan fingerprint density at radius 3 is 3.05 bits per heavy atom. The Bertz CT molecular complexity index is 420. The predicted octanol–water partition coefficient (Wildman–Crippen LogP) is 2.67. The summed E-state index contributed by atoms with van der Waals surface area (Å²) in [5.74, 6) is -0.307. The quantitative estimate of drug-likeness (QED) is 0.871. The van der Waals surface area contributed by atoms with Crippen molar-refractivity contribution in [3.8, 4) is 5.88 Å². The Morgan fingerprint density at radius 2 is 2.35 bits per heavy atom. The van der Waals surface area contributed by atoms with E-state index in [1.165, 1.54) is 0 Å². The molecule has 0 spiro atoms. The van der Waals surface area contributed by atoms with Gasteiger partial charge in [-0.05, 0) is 25.3 Å². The number of ether oxygens (including phenoxy) is 2. The summed E-state index contributed by atoms with van der Waals surface area (Å²) in [6.45, 7) is 5.66. The number of nitrogens with zero attached hydrogens (tertiary/aromatic N) is 1. The molecule has 1 unspecified atom stereocenters. The third kappa shape index (κ3) is 4.42. The summed E-state index contributed by atoms with van der Waals surface area (Å²) in [6.07, 6.45) is 4.84. The van der Waals surface area contributed by atoms with Gasteiger partial charge in [0.2, 0.25) is 0 Å². The summed E-state index contributed by atoms with van der Waals surface area (Å²) in [5, 5.41) is 3.19. The Morgan fingerprint density at radius 1 is 1.50 bits per heavy atom. The second-order valence-corrected chi connectivity index (χ2v) is 5.42. The molecule has 0 aliphatic carbocycles. The normalized spacial score (nSPS) is 19.3. The van der Waals surface area contributed by atoms with Crippen LogP contribution < -0.4 is 10.1 Å². The molecule has 0 bridgehead atoms. The molecule has 1 aromatic heterocycles. The molecule has 0 aromatic carbocycles. The van der Waals surface area contributed by atoms with Crippen molar-refractivity contribution in [1.29, 1.82) is 0 Å². The molecule has 20 heavy (non-hydrogen) atoms. The lowest BCUT2D eigenvalue weighted by Gasteiger charge is -2.22. The maximum Gasteiger partial charge on any atom is 0.250 e. The van der Waals surface area contributed by atoms with Crippen LogP contribution in [0.3, 0.4) is 0 Å². The number of nitrogens with one attached hydrogen (secondary N) is 1. The van der Waals surface area contributed by atoms with Gasteiger partial charge in [-0.2, -0.15) is 0 Å². The van der Waals surface area contributed by atoms with E-state index < -0.39 is 0 Å². The topological polar surface area (TPSA) is 43.4 Å². The van der Waals surface area contributed by atoms with Gasteiger partial charge in [-0.1, -0.05) is 13.8 Å². The van der Waals surface area contributed by atoms with Crippen molar-refractivity contribution >= 4 is 0 Å². The fraction of sp³-hybridized carbons (Fsp3) is 0.667. The largest absolute Gasteiger partial charge is 0.473 e. The Labute approximate surface area is 119 Å². The molecule has 1 aliphatic heterocycles. The summed E-state index contributed by atoms with van der Waals surface area (Å²) in [5.41, 5.74) is 0.577. The molecule has 1 aliphatic rings. The van der Waals surface area contributed by atoms with Gasteiger partial charge in [0, 0.05) is 31.0 Å². The maximum absolute atomic E-state index is 14.2. The van der Waals surface area contributed by atoms with Crippen molar-refractivity contribution in [1.82, 2.24) is 10.3 Å². The van der Waals surface area contributed by atoms with Crippen molar-refractivity contribution in [3.63, 3.8) is 0 Å². The van der Waals surface area contributed by atoms with Crippen LogP contribution in [0, 0.1) is 5.82 Å². The Balaban J connectivity index is 1.91. The van der Waals surface area contributed by atoms with E-state index in [1.54, 1.807) is 12.3 Å². The molecule has 1 N–H and O–H groups in total. The van der Waals surface area contributed by atoms with E-state index in [9.17, 15) is 4.39 Å². The van der Waals surface area contributed by atoms with Crippen molar-refractivity contribution in [2.75, 3.05) is 13.2 Å². The number of hydrogen-bond acceptors (Lipinski definition) is 4. The van der Waals surface area contributed by atoms with Gasteiger partial charge in [-0.3, -0.25) is 0 Å². The Hall–Kier alpha value is -1.20. The van der Waals surface area contributed by atoms with Gasteiger partial charge in [0.25, 0.3) is 5.88 Å². The van der Waals surface area contributed by atoms with Gasteiger partial charge in [0.05, 0.1) is 6.10 Å². The van der Waals surface area contributed by atoms with Crippen molar-refractivity contribution in [2.45, 2.75) is 51.8 Å². The third-order valence-electron chi connectivity index (χ3n) is 3.32. The molecule has 1 fully saturated rings. The lowest BCUT2D eigenvalue weighted by atomic mass is 10.1. The highest BCUT2D eigenvalue weighted by molar-refractivity contribution is 5.23. The standard InChI is InChI=1S/C15H23FN2O2/c1-11(2)18-9-12-6-7-17-15(14(12)16)20-10-13-5-3-4-8-19-13/h6-7,11,13,18H,3-5,8-10H2,1-2H3. The molecule has 0 amide bonds. The molecule has 0 saturated carbocycles. The second kappa shape index (κ2) is 7.55. The minimum Gasteiger partial charge on any atom is -0.473 e. The number of pyridine rings is 1. The van der Waals surface area contributed by atoms with Crippen LogP contribution in [0.5, 0.6) is 5.88 Å². The first-order valence-corrected chi connectivity index (χ1v) is 7.28. The van der Waals surface area contributed by atoms with E-state index in [4.69, 9.17) is 9.47 Å². The average Bonchev–Trinajstić information content (AvgIpc) is 2.46. The Kier molecular flexibility index (Phi) is 5.73. The summed E-state index contributed by atoms with van der Waals surface area (Å²) in [7, 11) is 0. The number of halogens is 1. The second-order valence-electron chi connectivity index (χ2n) is 5.42. The van der Waals surface area contributed by atoms with Crippen LogP contribution in [0.15, 0.2) is 12.3 Å². The van der Waals surface area contributed by atoms with Crippen LogP contribution in [0.1, 0.15) is 38.7 Å². The molecule has 2 rings (SSSR count). The summed E-state index contributed by atoms with van der Waals surface area (Å²) < 4.78 is 25.3. The van der Waals surface area contributed by atoms with Gasteiger partial charge in [-0.15, -0.1) is 0 Å². The summed E-state index contributed by atoms with van der Waals surface area (Å²) >= 11 is 0. The van der Waals surface area contributed by atoms with Crippen LogP contribution in [0.25, 0.3) is 0 Å². The molecule has 1 aromatic rings. The van der Waals surface area contributed by atoms with Crippen LogP contribution in [0.4, 0.5) is 4.39 Å². The molecule has 0 radical (unpaired) electrons. The van der Waals surface area contributed by atoms with Crippen molar-refractivity contribution in [2.24, 2.45) is 0 Å². The molecule has 1 atom stereocenters. The molecule has 1 saturated heterocycles. The number of aromatic nitrogens is 1. The summed E-state index contributed by atoms with van der Waals surface area (Å²) in [6, 6.07) is 1.98.